The van der Waals surface area contributed by atoms with Crippen LogP contribution in [0.4, 0.5) is 4.79 Å². The predicted octanol–water partition coefficient (Wildman–Crippen LogP) is 2.01. The lowest BCUT2D eigenvalue weighted by Gasteiger charge is -2.07. The molecule has 0 spiro atoms. The summed E-state index contributed by atoms with van der Waals surface area (Å²) in [5.74, 6) is -0.395. The molecular weight excluding hydrogens is 280 g/mol. The van der Waals surface area contributed by atoms with Crippen LogP contribution < -0.4 is 4.74 Å². The molecule has 1 rings (SSSR count). The average Bonchev–Trinajstić information content (AvgIpc) is 2.49. The summed E-state index contributed by atoms with van der Waals surface area (Å²) in [6, 6.07) is 6.64. The fraction of sp³-hybridized carbons (Fsp3) is 0.286. The molecule has 0 N–H and O–H groups in total. The maximum absolute atomic E-state index is 11.3. The fourth-order valence-electron chi connectivity index (χ4n) is 1.22. The zero-order valence-electron chi connectivity index (χ0n) is 11.6. The van der Waals surface area contributed by atoms with Crippen LogP contribution in [0.15, 0.2) is 36.9 Å². The minimum absolute atomic E-state index is 0.202. The van der Waals surface area contributed by atoms with Crippen molar-refractivity contribution in [1.29, 1.82) is 0 Å². The van der Waals surface area contributed by atoms with Crippen molar-refractivity contribution in [2.75, 3.05) is 20.7 Å². The van der Waals surface area contributed by atoms with E-state index in [1.54, 1.807) is 24.3 Å². The number of methoxy groups -OCH3 is 1. The molecule has 0 unspecified atom stereocenters. The Morgan fingerprint density at radius 1 is 1.14 bits per heavy atom. The molecule has 0 saturated heterocycles. The zero-order chi connectivity index (χ0) is 15.5. The van der Waals surface area contributed by atoms with E-state index < -0.39 is 18.9 Å². The Kier molecular flexibility index (Phi) is 7.55. The lowest BCUT2D eigenvalue weighted by atomic mass is 10.2. The molecule has 0 aliphatic carbocycles. The first kappa shape index (κ1) is 16.7. The zero-order valence-corrected chi connectivity index (χ0v) is 11.6. The van der Waals surface area contributed by atoms with Crippen LogP contribution in [0.1, 0.15) is 5.56 Å². The van der Waals surface area contributed by atoms with Crippen molar-refractivity contribution in [3.05, 3.63) is 42.5 Å². The molecule has 1 aromatic rings. The third-order valence-electron chi connectivity index (χ3n) is 2.14. The van der Waals surface area contributed by atoms with Gasteiger partial charge in [0.15, 0.2) is 0 Å². The van der Waals surface area contributed by atoms with Crippen molar-refractivity contribution >= 4 is 12.1 Å². The molecule has 114 valence electrons. The number of rotatable bonds is 8. The Morgan fingerprint density at radius 3 is 2.48 bits per heavy atom. The van der Waals surface area contributed by atoms with E-state index in [4.69, 9.17) is 14.2 Å². The fourth-order valence-corrected chi connectivity index (χ4v) is 1.22. The van der Waals surface area contributed by atoms with Crippen LogP contribution in [-0.2, 0) is 30.3 Å². The summed E-state index contributed by atoms with van der Waals surface area (Å²) in [6.45, 7) is 3.25. The van der Waals surface area contributed by atoms with Crippen molar-refractivity contribution in [3.63, 3.8) is 0 Å². The van der Waals surface area contributed by atoms with Gasteiger partial charge in [-0.3, -0.25) is 0 Å². The number of hydrogen-bond donors (Lipinski definition) is 0. The van der Waals surface area contributed by atoms with Crippen LogP contribution in [0.2, 0.25) is 0 Å². The second kappa shape index (κ2) is 9.51. The van der Waals surface area contributed by atoms with E-state index in [2.05, 4.69) is 16.1 Å². The summed E-state index contributed by atoms with van der Waals surface area (Å²) < 4.78 is 23.8. The summed E-state index contributed by atoms with van der Waals surface area (Å²) in [5, 5.41) is 0. The van der Waals surface area contributed by atoms with Gasteiger partial charge in [-0.15, -0.1) is 0 Å². The smallest absolute Gasteiger partial charge is 0.425 e. The maximum Gasteiger partial charge on any atom is 0.516 e. The first-order chi connectivity index (χ1) is 10.2. The Bertz CT molecular complexity index is 467. The van der Waals surface area contributed by atoms with Gasteiger partial charge < -0.3 is 23.7 Å². The molecule has 7 nitrogen and oxygen atoms in total. The van der Waals surface area contributed by atoms with E-state index in [1.807, 2.05) is 0 Å². The minimum Gasteiger partial charge on any atom is -0.425 e. The van der Waals surface area contributed by atoms with Crippen LogP contribution in [0.3, 0.4) is 0 Å². The molecule has 0 saturated carbocycles. The van der Waals surface area contributed by atoms with Gasteiger partial charge in [0.25, 0.3) is 0 Å². The molecule has 0 amide bonds. The Balaban J connectivity index is 2.32. The van der Waals surface area contributed by atoms with Crippen molar-refractivity contribution in [1.82, 2.24) is 0 Å². The lowest BCUT2D eigenvalue weighted by molar-refractivity contribution is -0.146. The van der Waals surface area contributed by atoms with Gasteiger partial charge >= 0.3 is 12.1 Å². The lowest BCUT2D eigenvalue weighted by Crippen LogP contribution is -2.14. The van der Waals surface area contributed by atoms with E-state index in [-0.39, 0.29) is 6.79 Å². The Hall–Kier alpha value is -2.38. The molecule has 0 heterocycles. The quantitative estimate of drug-likeness (QED) is 0.239. The number of benzene rings is 1. The molecule has 7 heteroatoms. The van der Waals surface area contributed by atoms with Gasteiger partial charge in [-0.05, 0) is 17.7 Å². The highest BCUT2D eigenvalue weighted by Gasteiger charge is 2.07. The van der Waals surface area contributed by atoms with Crippen LogP contribution in [0.5, 0.6) is 5.75 Å². The number of hydrogen-bond acceptors (Lipinski definition) is 7. The first-order valence-electron chi connectivity index (χ1n) is 5.95. The summed E-state index contributed by atoms with van der Waals surface area (Å²) in [5.41, 5.74) is 0.896. The van der Waals surface area contributed by atoms with Gasteiger partial charge in [-0.1, -0.05) is 18.7 Å². The van der Waals surface area contributed by atoms with Gasteiger partial charge in [-0.25, -0.2) is 9.59 Å². The first-order valence-corrected chi connectivity index (χ1v) is 5.95. The molecule has 0 atom stereocenters. The molecule has 0 radical (unpaired) electrons. The second-order valence-corrected chi connectivity index (χ2v) is 3.68. The molecule has 0 aliphatic rings. The molecule has 0 aliphatic heterocycles. The highest BCUT2D eigenvalue weighted by Crippen LogP contribution is 2.13. The Labute approximate surface area is 122 Å². The third kappa shape index (κ3) is 7.09. The van der Waals surface area contributed by atoms with Gasteiger partial charge in [0, 0.05) is 13.2 Å². The second-order valence-electron chi connectivity index (χ2n) is 3.68. The van der Waals surface area contributed by atoms with Gasteiger partial charge in [-0.2, -0.15) is 0 Å². The monoisotopic (exact) mass is 296 g/mol. The van der Waals surface area contributed by atoms with Gasteiger partial charge in [0.2, 0.25) is 6.79 Å². The largest absolute Gasteiger partial charge is 0.516 e. The Morgan fingerprint density at radius 2 is 1.86 bits per heavy atom. The molecule has 0 aromatic heterocycles. The van der Waals surface area contributed by atoms with Gasteiger partial charge in [0.05, 0.1) is 6.61 Å². The molecular formula is C14H16O7. The van der Waals surface area contributed by atoms with E-state index in [0.29, 0.717) is 12.4 Å². The third-order valence-corrected chi connectivity index (χ3v) is 2.14. The normalized spacial score (nSPS) is 9.76. The van der Waals surface area contributed by atoms with Gasteiger partial charge in [0.1, 0.15) is 12.5 Å². The summed E-state index contributed by atoms with van der Waals surface area (Å²) in [7, 11) is 1.54. The molecule has 0 fully saturated rings. The number of ether oxygens (including phenoxy) is 5. The molecule has 0 bridgehead atoms. The molecule has 21 heavy (non-hydrogen) atoms. The number of esters is 1. The van der Waals surface area contributed by atoms with Crippen LogP contribution in [0.25, 0.3) is 0 Å². The van der Waals surface area contributed by atoms with E-state index >= 15 is 0 Å². The average molecular weight is 296 g/mol. The van der Waals surface area contributed by atoms with Crippen molar-refractivity contribution < 1.29 is 33.3 Å². The van der Waals surface area contributed by atoms with E-state index in [1.165, 1.54) is 7.11 Å². The highest BCUT2D eigenvalue weighted by atomic mass is 16.8. The molecule has 1 aromatic carbocycles. The highest BCUT2D eigenvalue weighted by molar-refractivity contribution is 5.81. The maximum atomic E-state index is 11.3. The summed E-state index contributed by atoms with van der Waals surface area (Å²) in [6.07, 6.45) is -0.0192. The SMILES string of the molecule is C=CC(=O)OCOC(=O)Oc1ccc(COCOC)cc1. The van der Waals surface area contributed by atoms with Crippen LogP contribution in [0, 0.1) is 0 Å². The van der Waals surface area contributed by atoms with Crippen molar-refractivity contribution in [3.8, 4) is 5.75 Å². The number of carbonyl (C=O) groups is 2. The summed E-state index contributed by atoms with van der Waals surface area (Å²) >= 11 is 0. The van der Waals surface area contributed by atoms with Crippen molar-refractivity contribution in [2.24, 2.45) is 0 Å². The minimum atomic E-state index is -0.977. The standard InChI is InChI=1S/C14H16O7/c1-3-13(15)19-10-20-14(16)21-12-6-4-11(5-7-12)8-18-9-17-2/h3-7H,1,8-10H2,2H3. The number of carbonyl (C=O) groups excluding carboxylic acids is 2. The topological polar surface area (TPSA) is 80.3 Å². The predicted molar refractivity (Wildman–Crippen MR) is 71.4 cm³/mol. The van der Waals surface area contributed by atoms with E-state index in [0.717, 1.165) is 11.6 Å². The summed E-state index contributed by atoms with van der Waals surface area (Å²) in [4.78, 5) is 22.0. The van der Waals surface area contributed by atoms with E-state index in [9.17, 15) is 9.59 Å². The van der Waals surface area contributed by atoms with Crippen molar-refractivity contribution in [2.45, 2.75) is 6.61 Å². The van der Waals surface area contributed by atoms with Crippen LogP contribution in [-0.4, -0.2) is 32.8 Å². The van der Waals surface area contributed by atoms with Crippen LogP contribution >= 0.6 is 0 Å².